The van der Waals surface area contributed by atoms with Crippen LogP contribution in [-0.4, -0.2) is 23.3 Å². The molecule has 0 aromatic heterocycles. The van der Waals surface area contributed by atoms with Crippen LogP contribution in [0.25, 0.3) is 0 Å². The Hall–Kier alpha value is -2.33. The third-order valence-corrected chi connectivity index (χ3v) is 4.46. The summed E-state index contributed by atoms with van der Waals surface area (Å²) in [7, 11) is 0. The van der Waals surface area contributed by atoms with E-state index in [9.17, 15) is 9.59 Å². The number of nitrogens with zero attached hydrogens (tertiary/aromatic N) is 1. The minimum atomic E-state index is -0.601. The zero-order valence-corrected chi connectivity index (χ0v) is 15.3. The average Bonchev–Trinajstić information content (AvgIpc) is 2.69. The molecule has 1 aliphatic rings. The van der Waals surface area contributed by atoms with E-state index in [2.05, 4.69) is 5.32 Å². The summed E-state index contributed by atoms with van der Waals surface area (Å²) < 4.78 is 0. The molecule has 2 amide bonds. The number of anilines is 1. The van der Waals surface area contributed by atoms with E-state index in [1.807, 2.05) is 57.2 Å². The fourth-order valence-corrected chi connectivity index (χ4v) is 3.27. The van der Waals surface area contributed by atoms with Crippen LogP contribution in [-0.2, 0) is 9.59 Å². The molecule has 1 heterocycles. The van der Waals surface area contributed by atoms with Crippen LogP contribution in [0.5, 0.6) is 0 Å². The Morgan fingerprint density at radius 1 is 1.16 bits per heavy atom. The molecular formula is C20H21ClN2O2. The van der Waals surface area contributed by atoms with Crippen LogP contribution in [0.1, 0.15) is 37.9 Å². The SMILES string of the molecule is CC(C)(C)C(=O)N1CC(=O)Nc2ccc(Cl)cc2C1c1ccccc1. The predicted molar refractivity (Wildman–Crippen MR) is 99.5 cm³/mol. The Balaban J connectivity index is 2.22. The van der Waals surface area contributed by atoms with Crippen molar-refractivity contribution in [1.29, 1.82) is 0 Å². The van der Waals surface area contributed by atoms with Gasteiger partial charge in [-0.15, -0.1) is 0 Å². The van der Waals surface area contributed by atoms with Crippen molar-refractivity contribution in [3.8, 4) is 0 Å². The first-order valence-corrected chi connectivity index (χ1v) is 8.60. The first-order chi connectivity index (χ1) is 11.8. The second-order valence-corrected chi connectivity index (χ2v) is 7.71. The number of hydrogen-bond acceptors (Lipinski definition) is 2. The highest BCUT2D eigenvalue weighted by Gasteiger charge is 2.37. The lowest BCUT2D eigenvalue weighted by Gasteiger charge is -2.35. The Bertz CT molecular complexity index is 812. The van der Waals surface area contributed by atoms with Crippen molar-refractivity contribution < 1.29 is 9.59 Å². The smallest absolute Gasteiger partial charge is 0.244 e. The monoisotopic (exact) mass is 356 g/mol. The predicted octanol–water partition coefficient (Wildman–Crippen LogP) is 4.26. The largest absolute Gasteiger partial charge is 0.324 e. The van der Waals surface area contributed by atoms with Crippen LogP contribution in [0.15, 0.2) is 48.5 Å². The van der Waals surface area contributed by atoms with Gasteiger partial charge < -0.3 is 10.2 Å². The van der Waals surface area contributed by atoms with E-state index in [1.165, 1.54) is 0 Å². The lowest BCUT2D eigenvalue weighted by atomic mass is 9.90. The highest BCUT2D eigenvalue weighted by atomic mass is 35.5. The molecule has 2 aromatic rings. The van der Waals surface area contributed by atoms with E-state index in [1.54, 1.807) is 17.0 Å². The summed E-state index contributed by atoms with van der Waals surface area (Å²) in [5.74, 6) is -0.288. The van der Waals surface area contributed by atoms with E-state index in [4.69, 9.17) is 11.6 Å². The van der Waals surface area contributed by atoms with Crippen molar-refractivity contribution in [2.45, 2.75) is 26.8 Å². The van der Waals surface area contributed by atoms with Crippen LogP contribution in [0, 0.1) is 5.41 Å². The molecule has 0 fully saturated rings. The fraction of sp³-hybridized carbons (Fsp3) is 0.300. The van der Waals surface area contributed by atoms with Crippen molar-refractivity contribution in [2.75, 3.05) is 11.9 Å². The van der Waals surface area contributed by atoms with Gasteiger partial charge in [0.2, 0.25) is 11.8 Å². The molecule has 5 heteroatoms. The summed E-state index contributed by atoms with van der Waals surface area (Å²) in [6.45, 7) is 5.58. The lowest BCUT2D eigenvalue weighted by molar-refractivity contribution is -0.143. The number of fused-ring (bicyclic) bond motifs is 1. The molecule has 0 radical (unpaired) electrons. The minimum absolute atomic E-state index is 0.00195. The Labute approximate surface area is 152 Å². The summed E-state index contributed by atoms with van der Waals surface area (Å²) in [5.41, 5.74) is 1.85. The van der Waals surface area contributed by atoms with E-state index in [0.29, 0.717) is 10.7 Å². The number of nitrogens with one attached hydrogen (secondary N) is 1. The van der Waals surface area contributed by atoms with E-state index in [-0.39, 0.29) is 24.4 Å². The average molecular weight is 357 g/mol. The molecule has 1 N–H and O–H groups in total. The maximum absolute atomic E-state index is 13.1. The molecule has 130 valence electrons. The van der Waals surface area contributed by atoms with Gasteiger partial charge >= 0.3 is 0 Å². The topological polar surface area (TPSA) is 49.4 Å². The molecule has 0 aliphatic carbocycles. The normalized spacial score (nSPS) is 17.5. The molecular weight excluding hydrogens is 336 g/mol. The first-order valence-electron chi connectivity index (χ1n) is 8.22. The number of halogens is 1. The molecule has 3 rings (SSSR count). The van der Waals surface area contributed by atoms with Gasteiger partial charge in [0, 0.05) is 21.7 Å². The second-order valence-electron chi connectivity index (χ2n) is 7.28. The van der Waals surface area contributed by atoms with Gasteiger partial charge in [-0.2, -0.15) is 0 Å². The molecule has 1 unspecified atom stereocenters. The number of carbonyl (C=O) groups is 2. The van der Waals surface area contributed by atoms with Crippen molar-refractivity contribution in [2.24, 2.45) is 5.41 Å². The molecule has 4 nitrogen and oxygen atoms in total. The van der Waals surface area contributed by atoms with Crippen LogP contribution in [0.4, 0.5) is 5.69 Å². The molecule has 0 saturated carbocycles. The summed E-state index contributed by atoms with van der Waals surface area (Å²) >= 11 is 6.22. The van der Waals surface area contributed by atoms with Gasteiger partial charge in [-0.3, -0.25) is 9.59 Å². The highest BCUT2D eigenvalue weighted by molar-refractivity contribution is 6.30. The second kappa shape index (κ2) is 6.52. The molecule has 0 saturated heterocycles. The van der Waals surface area contributed by atoms with Crippen molar-refractivity contribution in [1.82, 2.24) is 4.90 Å². The molecule has 2 aromatic carbocycles. The third kappa shape index (κ3) is 3.54. The van der Waals surface area contributed by atoms with Crippen molar-refractivity contribution in [3.63, 3.8) is 0 Å². The molecule has 1 aliphatic heterocycles. The Morgan fingerprint density at radius 2 is 1.84 bits per heavy atom. The minimum Gasteiger partial charge on any atom is -0.324 e. The van der Waals surface area contributed by atoms with Gasteiger partial charge in [0.25, 0.3) is 0 Å². The van der Waals surface area contributed by atoms with E-state index < -0.39 is 5.41 Å². The molecule has 1 atom stereocenters. The maximum Gasteiger partial charge on any atom is 0.244 e. The Kier molecular flexibility index (Phi) is 4.56. The highest BCUT2D eigenvalue weighted by Crippen LogP contribution is 2.38. The molecule has 25 heavy (non-hydrogen) atoms. The Morgan fingerprint density at radius 3 is 2.48 bits per heavy atom. The summed E-state index contributed by atoms with van der Waals surface area (Å²) in [4.78, 5) is 27.2. The summed E-state index contributed by atoms with van der Waals surface area (Å²) in [6, 6.07) is 14.7. The zero-order chi connectivity index (χ0) is 18.2. The number of rotatable bonds is 1. The van der Waals surface area contributed by atoms with E-state index >= 15 is 0 Å². The van der Waals surface area contributed by atoms with Crippen LogP contribution >= 0.6 is 11.6 Å². The van der Waals surface area contributed by atoms with Gasteiger partial charge in [0.1, 0.15) is 6.54 Å². The quantitative estimate of drug-likeness (QED) is 0.830. The molecule has 0 spiro atoms. The zero-order valence-electron chi connectivity index (χ0n) is 14.5. The summed E-state index contributed by atoms with van der Waals surface area (Å²) in [5, 5.41) is 3.46. The standard InChI is InChI=1S/C20H21ClN2O2/c1-20(2,3)19(25)23-12-17(24)22-16-10-9-14(21)11-15(16)18(23)13-7-5-4-6-8-13/h4-11,18H,12H2,1-3H3,(H,22,24). The first kappa shape index (κ1) is 17.5. The number of amides is 2. The third-order valence-electron chi connectivity index (χ3n) is 4.23. The van der Waals surface area contributed by atoms with Crippen molar-refractivity contribution in [3.05, 3.63) is 64.7 Å². The maximum atomic E-state index is 13.1. The number of carbonyl (C=O) groups excluding carboxylic acids is 2. The molecule has 0 bridgehead atoms. The van der Waals surface area contributed by atoms with Gasteiger partial charge in [0.15, 0.2) is 0 Å². The lowest BCUT2D eigenvalue weighted by Crippen LogP contribution is -2.44. The van der Waals surface area contributed by atoms with Gasteiger partial charge in [-0.1, -0.05) is 62.7 Å². The van der Waals surface area contributed by atoms with Gasteiger partial charge in [-0.05, 0) is 23.8 Å². The van der Waals surface area contributed by atoms with Crippen LogP contribution in [0.2, 0.25) is 5.02 Å². The van der Waals surface area contributed by atoms with E-state index in [0.717, 1.165) is 11.1 Å². The van der Waals surface area contributed by atoms with Crippen LogP contribution < -0.4 is 5.32 Å². The summed E-state index contributed by atoms with van der Waals surface area (Å²) in [6.07, 6.45) is 0. The number of hydrogen-bond donors (Lipinski definition) is 1. The van der Waals surface area contributed by atoms with Gasteiger partial charge in [0.05, 0.1) is 6.04 Å². The van der Waals surface area contributed by atoms with Gasteiger partial charge in [-0.25, -0.2) is 0 Å². The van der Waals surface area contributed by atoms with Crippen molar-refractivity contribution >= 4 is 29.1 Å². The van der Waals surface area contributed by atoms with Crippen LogP contribution in [0.3, 0.4) is 0 Å². The fourth-order valence-electron chi connectivity index (χ4n) is 3.09. The number of benzene rings is 2.